The predicted molar refractivity (Wildman–Crippen MR) is 97.7 cm³/mol. The standard InChI is InChI=1S/C21H22FNO3/c1-14(24)19-7-6-18(22)12-20(19)16-2-4-17(5-3-16)21(25)23-10-8-15-9-11-26-13-15/h2-7,12,15H,8-11,13H2,1H3,(H,23,25)/t15-/m0/s1. The van der Waals surface area contributed by atoms with Crippen LogP contribution in [0.25, 0.3) is 11.1 Å². The first-order valence-corrected chi connectivity index (χ1v) is 8.81. The summed E-state index contributed by atoms with van der Waals surface area (Å²) in [4.78, 5) is 24.0. The first-order valence-electron chi connectivity index (χ1n) is 8.81. The summed E-state index contributed by atoms with van der Waals surface area (Å²) in [6.45, 7) is 3.65. The van der Waals surface area contributed by atoms with Crippen molar-refractivity contribution in [1.82, 2.24) is 5.32 Å². The highest BCUT2D eigenvalue weighted by Crippen LogP contribution is 2.25. The van der Waals surface area contributed by atoms with E-state index in [1.165, 1.54) is 25.1 Å². The topological polar surface area (TPSA) is 55.4 Å². The minimum absolute atomic E-state index is 0.127. The molecule has 1 atom stereocenters. The maximum atomic E-state index is 13.6. The quantitative estimate of drug-likeness (QED) is 0.801. The Balaban J connectivity index is 1.67. The molecule has 2 aromatic carbocycles. The molecule has 1 heterocycles. The van der Waals surface area contributed by atoms with E-state index < -0.39 is 5.82 Å². The Kier molecular flexibility index (Phi) is 5.78. The van der Waals surface area contributed by atoms with Crippen LogP contribution in [0.2, 0.25) is 0 Å². The van der Waals surface area contributed by atoms with Crippen molar-refractivity contribution < 1.29 is 18.7 Å². The minimum atomic E-state index is -0.400. The Morgan fingerprint density at radius 1 is 1.19 bits per heavy atom. The predicted octanol–water partition coefficient (Wildman–Crippen LogP) is 3.85. The van der Waals surface area contributed by atoms with Crippen LogP contribution >= 0.6 is 0 Å². The van der Waals surface area contributed by atoms with E-state index in [9.17, 15) is 14.0 Å². The Morgan fingerprint density at radius 2 is 1.96 bits per heavy atom. The number of halogens is 1. The number of amides is 1. The number of carbonyl (C=O) groups excluding carboxylic acids is 2. The SMILES string of the molecule is CC(=O)c1ccc(F)cc1-c1ccc(C(=O)NCC[C@H]2CCOC2)cc1. The van der Waals surface area contributed by atoms with Gasteiger partial charge in [-0.3, -0.25) is 9.59 Å². The summed E-state index contributed by atoms with van der Waals surface area (Å²) in [5, 5.41) is 2.92. The van der Waals surface area contributed by atoms with E-state index in [4.69, 9.17) is 4.74 Å². The molecule has 136 valence electrons. The minimum Gasteiger partial charge on any atom is -0.381 e. The second-order valence-electron chi connectivity index (χ2n) is 6.60. The lowest BCUT2D eigenvalue weighted by molar-refractivity contribution is 0.0949. The molecule has 1 saturated heterocycles. The molecule has 3 rings (SSSR count). The van der Waals surface area contributed by atoms with Crippen LogP contribution in [0.1, 0.15) is 40.5 Å². The van der Waals surface area contributed by atoms with Gasteiger partial charge in [-0.1, -0.05) is 12.1 Å². The van der Waals surface area contributed by atoms with Crippen molar-refractivity contribution in [3.05, 3.63) is 59.4 Å². The average Bonchev–Trinajstić information content (AvgIpc) is 3.15. The van der Waals surface area contributed by atoms with Crippen LogP contribution in [-0.4, -0.2) is 31.4 Å². The van der Waals surface area contributed by atoms with Crippen molar-refractivity contribution in [3.63, 3.8) is 0 Å². The van der Waals surface area contributed by atoms with Gasteiger partial charge in [-0.25, -0.2) is 4.39 Å². The largest absolute Gasteiger partial charge is 0.381 e. The monoisotopic (exact) mass is 355 g/mol. The maximum absolute atomic E-state index is 13.6. The molecular weight excluding hydrogens is 333 g/mol. The lowest BCUT2D eigenvalue weighted by atomic mass is 9.96. The molecule has 1 fully saturated rings. The highest BCUT2D eigenvalue weighted by Gasteiger charge is 2.16. The third-order valence-corrected chi connectivity index (χ3v) is 4.68. The Morgan fingerprint density at radius 3 is 2.62 bits per heavy atom. The molecule has 2 aromatic rings. The summed E-state index contributed by atoms with van der Waals surface area (Å²) in [5.41, 5.74) is 2.24. The lowest BCUT2D eigenvalue weighted by Gasteiger charge is -2.10. The van der Waals surface area contributed by atoms with Gasteiger partial charge in [0.2, 0.25) is 0 Å². The van der Waals surface area contributed by atoms with Gasteiger partial charge in [-0.15, -0.1) is 0 Å². The number of ether oxygens (including phenoxy) is 1. The molecule has 1 aliphatic heterocycles. The van der Waals surface area contributed by atoms with Gasteiger partial charge in [0.25, 0.3) is 5.91 Å². The van der Waals surface area contributed by atoms with Crippen LogP contribution in [0.5, 0.6) is 0 Å². The zero-order valence-corrected chi connectivity index (χ0v) is 14.8. The van der Waals surface area contributed by atoms with Crippen molar-refractivity contribution in [2.24, 2.45) is 5.92 Å². The number of hydrogen-bond acceptors (Lipinski definition) is 3. The summed E-state index contributed by atoms with van der Waals surface area (Å²) in [7, 11) is 0. The highest BCUT2D eigenvalue weighted by molar-refractivity contribution is 6.01. The smallest absolute Gasteiger partial charge is 0.251 e. The number of benzene rings is 2. The van der Waals surface area contributed by atoms with Crippen molar-refractivity contribution in [2.45, 2.75) is 19.8 Å². The van der Waals surface area contributed by atoms with Crippen LogP contribution in [0.3, 0.4) is 0 Å². The molecule has 0 saturated carbocycles. The van der Waals surface area contributed by atoms with Crippen LogP contribution in [0.15, 0.2) is 42.5 Å². The van der Waals surface area contributed by atoms with Gasteiger partial charge in [0.05, 0.1) is 0 Å². The summed E-state index contributed by atoms with van der Waals surface area (Å²) in [6, 6.07) is 11.0. The third-order valence-electron chi connectivity index (χ3n) is 4.68. The lowest BCUT2D eigenvalue weighted by Crippen LogP contribution is -2.26. The fourth-order valence-electron chi connectivity index (χ4n) is 3.17. The molecule has 0 aliphatic carbocycles. The van der Waals surface area contributed by atoms with Gasteiger partial charge < -0.3 is 10.1 Å². The molecule has 1 amide bonds. The van der Waals surface area contributed by atoms with E-state index in [-0.39, 0.29) is 11.7 Å². The molecule has 5 heteroatoms. The van der Waals surface area contributed by atoms with Crippen LogP contribution in [0, 0.1) is 11.7 Å². The van der Waals surface area contributed by atoms with E-state index in [0.717, 1.165) is 26.1 Å². The summed E-state index contributed by atoms with van der Waals surface area (Å²) in [6.07, 6.45) is 1.96. The molecule has 0 bridgehead atoms. The van der Waals surface area contributed by atoms with Crippen LogP contribution in [-0.2, 0) is 4.74 Å². The Hall–Kier alpha value is -2.53. The molecule has 0 unspecified atom stereocenters. The van der Waals surface area contributed by atoms with Gasteiger partial charge in [0.15, 0.2) is 5.78 Å². The molecule has 0 spiro atoms. The highest BCUT2D eigenvalue weighted by atomic mass is 19.1. The summed E-state index contributed by atoms with van der Waals surface area (Å²) >= 11 is 0. The summed E-state index contributed by atoms with van der Waals surface area (Å²) in [5.74, 6) is -0.141. The van der Waals surface area contributed by atoms with Crippen LogP contribution < -0.4 is 5.32 Å². The average molecular weight is 355 g/mol. The van der Waals surface area contributed by atoms with E-state index in [1.54, 1.807) is 24.3 Å². The van der Waals surface area contributed by atoms with Crippen molar-refractivity contribution >= 4 is 11.7 Å². The molecule has 4 nitrogen and oxygen atoms in total. The first-order chi connectivity index (χ1) is 12.5. The van der Waals surface area contributed by atoms with Crippen molar-refractivity contribution in [1.29, 1.82) is 0 Å². The fourth-order valence-corrected chi connectivity index (χ4v) is 3.17. The number of ketones is 1. The van der Waals surface area contributed by atoms with Crippen LogP contribution in [0.4, 0.5) is 4.39 Å². The maximum Gasteiger partial charge on any atom is 0.251 e. The van der Waals surface area contributed by atoms with Gasteiger partial charge in [0, 0.05) is 30.9 Å². The van der Waals surface area contributed by atoms with Gasteiger partial charge in [0.1, 0.15) is 5.82 Å². The van der Waals surface area contributed by atoms with Crippen molar-refractivity contribution in [2.75, 3.05) is 19.8 Å². The molecule has 26 heavy (non-hydrogen) atoms. The summed E-state index contributed by atoms with van der Waals surface area (Å²) < 4.78 is 18.9. The third kappa shape index (κ3) is 4.35. The molecular formula is C21H22FNO3. The Labute approximate surface area is 152 Å². The number of rotatable bonds is 6. The van der Waals surface area contributed by atoms with E-state index in [2.05, 4.69) is 5.32 Å². The van der Waals surface area contributed by atoms with Gasteiger partial charge in [-0.05, 0) is 67.1 Å². The zero-order valence-electron chi connectivity index (χ0n) is 14.8. The Bertz CT molecular complexity index is 795. The van der Waals surface area contributed by atoms with E-state index >= 15 is 0 Å². The molecule has 0 aromatic heterocycles. The molecule has 0 radical (unpaired) electrons. The number of nitrogens with one attached hydrogen (secondary N) is 1. The number of carbonyl (C=O) groups is 2. The van der Waals surface area contributed by atoms with Gasteiger partial charge >= 0.3 is 0 Å². The van der Waals surface area contributed by atoms with E-state index in [1.807, 2.05) is 0 Å². The van der Waals surface area contributed by atoms with Crippen molar-refractivity contribution in [3.8, 4) is 11.1 Å². The normalized spacial score (nSPS) is 16.5. The first kappa shape index (κ1) is 18.3. The number of Topliss-reactive ketones (excluding diaryl/α,β-unsaturated/α-hetero) is 1. The van der Waals surface area contributed by atoms with E-state index in [0.29, 0.717) is 34.7 Å². The zero-order chi connectivity index (χ0) is 18.5. The van der Waals surface area contributed by atoms with Gasteiger partial charge in [-0.2, -0.15) is 0 Å². The second kappa shape index (κ2) is 8.23. The molecule has 1 aliphatic rings. The fraction of sp³-hybridized carbons (Fsp3) is 0.333. The number of hydrogen-bond donors (Lipinski definition) is 1. The molecule has 1 N–H and O–H groups in total. The second-order valence-corrected chi connectivity index (χ2v) is 6.60.